The number of benzene rings is 1. The highest BCUT2D eigenvalue weighted by atomic mass is 19.4. The number of hydrogen-bond donors (Lipinski definition) is 1. The van der Waals surface area contributed by atoms with Gasteiger partial charge in [0.2, 0.25) is 0 Å². The number of carboxylic acid groups (broad SMARTS) is 1. The van der Waals surface area contributed by atoms with Crippen LogP contribution >= 0.6 is 0 Å². The Kier molecular flexibility index (Phi) is 3.59. The molecule has 1 N–H and O–H groups in total. The standard InChI is InChI=1S/C10H8F4O3/c1-5(10(12,13)14)17-8-6(9(15)16)3-2-4-7(8)11/h2-5H,1H3,(H,15,16). The van der Waals surface area contributed by atoms with Gasteiger partial charge in [-0.2, -0.15) is 13.2 Å². The summed E-state index contributed by atoms with van der Waals surface area (Å²) in [5.74, 6) is -3.63. The molecule has 0 aliphatic carbocycles. The van der Waals surface area contributed by atoms with Crippen molar-refractivity contribution in [3.05, 3.63) is 29.6 Å². The van der Waals surface area contributed by atoms with E-state index in [-0.39, 0.29) is 0 Å². The zero-order chi connectivity index (χ0) is 13.2. The summed E-state index contributed by atoms with van der Waals surface area (Å²) in [5.41, 5.74) is -0.652. The van der Waals surface area contributed by atoms with Crippen molar-refractivity contribution in [3.8, 4) is 5.75 Å². The monoisotopic (exact) mass is 252 g/mol. The first-order valence-electron chi connectivity index (χ1n) is 4.48. The van der Waals surface area contributed by atoms with Crippen molar-refractivity contribution in [2.24, 2.45) is 0 Å². The van der Waals surface area contributed by atoms with Crippen LogP contribution in [0, 0.1) is 5.82 Å². The fourth-order valence-corrected chi connectivity index (χ4v) is 1.04. The third kappa shape index (κ3) is 3.08. The van der Waals surface area contributed by atoms with Gasteiger partial charge >= 0.3 is 12.1 Å². The molecule has 7 heteroatoms. The Bertz CT molecular complexity index is 428. The van der Waals surface area contributed by atoms with E-state index >= 15 is 0 Å². The quantitative estimate of drug-likeness (QED) is 0.841. The molecule has 1 rings (SSSR count). The third-order valence-electron chi connectivity index (χ3n) is 1.95. The van der Waals surface area contributed by atoms with E-state index in [9.17, 15) is 22.4 Å². The highest BCUT2D eigenvalue weighted by molar-refractivity contribution is 5.90. The minimum atomic E-state index is -4.70. The Morgan fingerprint density at radius 2 is 2.00 bits per heavy atom. The second-order valence-electron chi connectivity index (χ2n) is 3.22. The van der Waals surface area contributed by atoms with Crippen molar-refractivity contribution < 1.29 is 32.2 Å². The van der Waals surface area contributed by atoms with Gasteiger partial charge in [-0.05, 0) is 19.1 Å². The molecule has 0 amide bonds. The summed E-state index contributed by atoms with van der Waals surface area (Å²) in [6, 6.07) is 2.86. The average molecular weight is 252 g/mol. The molecule has 17 heavy (non-hydrogen) atoms. The van der Waals surface area contributed by atoms with Crippen molar-refractivity contribution in [3.63, 3.8) is 0 Å². The van der Waals surface area contributed by atoms with E-state index in [1.165, 1.54) is 0 Å². The molecule has 3 nitrogen and oxygen atoms in total. The fourth-order valence-electron chi connectivity index (χ4n) is 1.04. The summed E-state index contributed by atoms with van der Waals surface area (Å²) in [6.07, 6.45) is -6.99. The molecule has 0 heterocycles. The van der Waals surface area contributed by atoms with Crippen LogP contribution in [-0.4, -0.2) is 23.4 Å². The Labute approximate surface area is 93.6 Å². The maximum absolute atomic E-state index is 13.2. The number of halogens is 4. The number of alkyl halides is 3. The van der Waals surface area contributed by atoms with Crippen LogP contribution in [0.5, 0.6) is 5.75 Å². The van der Waals surface area contributed by atoms with E-state index in [0.717, 1.165) is 18.2 Å². The highest BCUT2D eigenvalue weighted by Crippen LogP contribution is 2.29. The lowest BCUT2D eigenvalue weighted by Gasteiger charge is -2.19. The summed E-state index contributed by atoms with van der Waals surface area (Å²) < 4.78 is 54.1. The molecule has 94 valence electrons. The van der Waals surface area contributed by atoms with E-state index in [2.05, 4.69) is 4.74 Å². The summed E-state index contributed by atoms with van der Waals surface area (Å²) in [6.45, 7) is 0.665. The summed E-state index contributed by atoms with van der Waals surface area (Å²) >= 11 is 0. The first-order chi connectivity index (χ1) is 7.73. The van der Waals surface area contributed by atoms with Crippen LogP contribution < -0.4 is 4.74 Å². The van der Waals surface area contributed by atoms with E-state index in [0.29, 0.717) is 6.92 Å². The Morgan fingerprint density at radius 3 is 2.47 bits per heavy atom. The number of carbonyl (C=O) groups is 1. The van der Waals surface area contributed by atoms with Crippen molar-refractivity contribution in [2.45, 2.75) is 19.2 Å². The minimum Gasteiger partial charge on any atom is -0.478 e. The van der Waals surface area contributed by atoms with Crippen LogP contribution in [0.2, 0.25) is 0 Å². The van der Waals surface area contributed by atoms with Gasteiger partial charge in [-0.15, -0.1) is 0 Å². The van der Waals surface area contributed by atoms with Crippen LogP contribution in [0.25, 0.3) is 0 Å². The van der Waals surface area contributed by atoms with E-state index in [1.54, 1.807) is 0 Å². The minimum absolute atomic E-state index is 0.652. The van der Waals surface area contributed by atoms with Crippen LogP contribution in [0.1, 0.15) is 17.3 Å². The largest absolute Gasteiger partial charge is 0.478 e. The van der Waals surface area contributed by atoms with Crippen molar-refractivity contribution in [1.82, 2.24) is 0 Å². The van der Waals surface area contributed by atoms with Crippen LogP contribution in [0.3, 0.4) is 0 Å². The Morgan fingerprint density at radius 1 is 1.41 bits per heavy atom. The lowest BCUT2D eigenvalue weighted by Crippen LogP contribution is -2.32. The van der Waals surface area contributed by atoms with Gasteiger partial charge in [-0.3, -0.25) is 0 Å². The normalized spacial score (nSPS) is 13.2. The third-order valence-corrected chi connectivity index (χ3v) is 1.95. The van der Waals surface area contributed by atoms with Gasteiger partial charge in [0.15, 0.2) is 17.7 Å². The second-order valence-corrected chi connectivity index (χ2v) is 3.22. The fraction of sp³-hybridized carbons (Fsp3) is 0.300. The number of carboxylic acids is 1. The SMILES string of the molecule is CC(Oc1c(F)cccc1C(=O)O)C(F)(F)F. The van der Waals surface area contributed by atoms with E-state index < -0.39 is 35.4 Å². The average Bonchev–Trinajstić information content (AvgIpc) is 2.18. The Hall–Kier alpha value is -1.79. The van der Waals surface area contributed by atoms with Crippen molar-refractivity contribution in [1.29, 1.82) is 0 Å². The molecule has 0 radical (unpaired) electrons. The summed E-state index contributed by atoms with van der Waals surface area (Å²) in [7, 11) is 0. The van der Waals surface area contributed by atoms with Crippen LogP contribution in [-0.2, 0) is 0 Å². The topological polar surface area (TPSA) is 46.5 Å². The summed E-state index contributed by atoms with van der Waals surface area (Å²) in [4.78, 5) is 10.7. The maximum atomic E-state index is 13.2. The first-order valence-corrected chi connectivity index (χ1v) is 4.48. The number of aromatic carboxylic acids is 1. The van der Waals surface area contributed by atoms with Gasteiger partial charge in [0.05, 0.1) is 0 Å². The predicted molar refractivity (Wildman–Crippen MR) is 49.5 cm³/mol. The molecule has 1 aromatic carbocycles. The number of rotatable bonds is 3. The van der Waals surface area contributed by atoms with E-state index in [4.69, 9.17) is 5.11 Å². The zero-order valence-electron chi connectivity index (χ0n) is 8.58. The van der Waals surface area contributed by atoms with Gasteiger partial charge in [-0.1, -0.05) is 6.07 Å². The molecule has 0 saturated heterocycles. The molecular weight excluding hydrogens is 244 g/mol. The molecule has 0 spiro atoms. The van der Waals surface area contributed by atoms with Gasteiger partial charge in [0.25, 0.3) is 0 Å². The molecule has 0 saturated carbocycles. The lowest BCUT2D eigenvalue weighted by molar-refractivity contribution is -0.189. The smallest absolute Gasteiger partial charge is 0.425 e. The van der Waals surface area contributed by atoms with Crippen molar-refractivity contribution >= 4 is 5.97 Å². The number of hydrogen-bond acceptors (Lipinski definition) is 2. The zero-order valence-corrected chi connectivity index (χ0v) is 8.58. The predicted octanol–water partition coefficient (Wildman–Crippen LogP) is 2.85. The number of ether oxygens (including phenoxy) is 1. The molecule has 0 aliphatic rings. The van der Waals surface area contributed by atoms with Gasteiger partial charge in [-0.25, -0.2) is 9.18 Å². The highest BCUT2D eigenvalue weighted by Gasteiger charge is 2.39. The molecule has 1 aromatic rings. The van der Waals surface area contributed by atoms with Gasteiger partial charge in [0, 0.05) is 0 Å². The molecule has 1 atom stereocenters. The first kappa shape index (κ1) is 13.3. The molecule has 0 aliphatic heterocycles. The van der Waals surface area contributed by atoms with E-state index in [1.807, 2.05) is 0 Å². The molecule has 0 fully saturated rings. The van der Waals surface area contributed by atoms with Gasteiger partial charge < -0.3 is 9.84 Å². The molecule has 0 bridgehead atoms. The molecule has 1 unspecified atom stereocenters. The van der Waals surface area contributed by atoms with Crippen LogP contribution in [0.4, 0.5) is 17.6 Å². The van der Waals surface area contributed by atoms with Crippen molar-refractivity contribution in [2.75, 3.05) is 0 Å². The Balaban J connectivity index is 3.09. The summed E-state index contributed by atoms with van der Waals surface area (Å²) in [5, 5.41) is 8.68. The van der Waals surface area contributed by atoms with Crippen LogP contribution in [0.15, 0.2) is 18.2 Å². The second kappa shape index (κ2) is 4.60. The molecular formula is C10H8F4O3. The van der Waals surface area contributed by atoms with Gasteiger partial charge in [0.1, 0.15) is 5.56 Å². The lowest BCUT2D eigenvalue weighted by atomic mass is 10.2. The maximum Gasteiger partial charge on any atom is 0.425 e. The number of para-hydroxylation sites is 1. The molecule has 0 aromatic heterocycles.